The fourth-order valence-corrected chi connectivity index (χ4v) is 1.74. The minimum absolute atomic E-state index is 0. The van der Waals surface area contributed by atoms with Gasteiger partial charge in [-0.3, -0.25) is 9.59 Å². The highest BCUT2D eigenvalue weighted by Gasteiger charge is 2.27. The second-order valence-corrected chi connectivity index (χ2v) is 4.60. The highest BCUT2D eigenvalue weighted by molar-refractivity contribution is 5.85. The van der Waals surface area contributed by atoms with Crippen LogP contribution >= 0.6 is 12.4 Å². The van der Waals surface area contributed by atoms with Crippen LogP contribution in [-0.2, 0) is 9.59 Å². The van der Waals surface area contributed by atoms with E-state index in [1.54, 1.807) is 16.7 Å². The van der Waals surface area contributed by atoms with Gasteiger partial charge in [0.1, 0.15) is 0 Å². The van der Waals surface area contributed by atoms with Crippen molar-refractivity contribution in [1.82, 2.24) is 9.80 Å². The molecule has 0 aromatic carbocycles. The number of nitrogens with zero attached hydrogens (tertiary/aromatic N) is 2. The number of piperazine rings is 1. The Morgan fingerprint density at radius 3 is 1.82 bits per heavy atom. The van der Waals surface area contributed by atoms with E-state index in [2.05, 4.69) is 0 Å². The predicted molar refractivity (Wildman–Crippen MR) is 68.9 cm³/mol. The maximum Gasteiger partial charge on any atom is 0.239 e. The smallest absolute Gasteiger partial charge is 0.239 e. The summed E-state index contributed by atoms with van der Waals surface area (Å²) < 4.78 is 0. The zero-order chi connectivity index (χ0) is 12.3. The van der Waals surface area contributed by atoms with Crippen LogP contribution in [0.2, 0.25) is 0 Å². The SMILES string of the molecule is CC(=O)N1CCN(C(=O)[C@@H](N)C(C)C)CC1.Cl. The van der Waals surface area contributed by atoms with Crippen LogP contribution in [0.25, 0.3) is 0 Å². The van der Waals surface area contributed by atoms with Gasteiger partial charge >= 0.3 is 0 Å². The van der Waals surface area contributed by atoms with Gasteiger partial charge in [-0.1, -0.05) is 13.8 Å². The van der Waals surface area contributed by atoms with E-state index in [1.807, 2.05) is 13.8 Å². The molecule has 0 aliphatic carbocycles. The second-order valence-electron chi connectivity index (χ2n) is 4.60. The molecule has 1 atom stereocenters. The van der Waals surface area contributed by atoms with E-state index in [1.165, 1.54) is 0 Å². The molecule has 0 radical (unpaired) electrons. The molecule has 2 amide bonds. The van der Waals surface area contributed by atoms with Crippen molar-refractivity contribution < 1.29 is 9.59 Å². The summed E-state index contributed by atoms with van der Waals surface area (Å²) in [7, 11) is 0. The summed E-state index contributed by atoms with van der Waals surface area (Å²) in [5.41, 5.74) is 5.81. The van der Waals surface area contributed by atoms with Crippen molar-refractivity contribution >= 4 is 24.2 Å². The average Bonchev–Trinajstić information content (AvgIpc) is 2.27. The Morgan fingerprint density at radius 2 is 1.47 bits per heavy atom. The zero-order valence-corrected chi connectivity index (χ0v) is 11.5. The first-order valence-corrected chi connectivity index (χ1v) is 5.73. The summed E-state index contributed by atoms with van der Waals surface area (Å²) in [6.45, 7) is 7.86. The molecule has 1 fully saturated rings. The number of carbonyl (C=O) groups is 2. The first-order valence-electron chi connectivity index (χ1n) is 5.73. The molecule has 1 aliphatic heterocycles. The van der Waals surface area contributed by atoms with Crippen LogP contribution in [0.1, 0.15) is 20.8 Å². The lowest BCUT2D eigenvalue weighted by Gasteiger charge is -2.36. The van der Waals surface area contributed by atoms with Gasteiger partial charge in [0.15, 0.2) is 0 Å². The Labute approximate surface area is 109 Å². The minimum atomic E-state index is -0.427. The van der Waals surface area contributed by atoms with Gasteiger partial charge < -0.3 is 15.5 Å². The molecule has 100 valence electrons. The Hall–Kier alpha value is -0.810. The molecular formula is C11H22ClN3O2. The van der Waals surface area contributed by atoms with Crippen molar-refractivity contribution in [1.29, 1.82) is 0 Å². The van der Waals surface area contributed by atoms with Crippen LogP contribution in [-0.4, -0.2) is 53.8 Å². The monoisotopic (exact) mass is 263 g/mol. The summed E-state index contributed by atoms with van der Waals surface area (Å²) >= 11 is 0. The van der Waals surface area contributed by atoms with E-state index < -0.39 is 6.04 Å². The molecule has 0 aromatic heterocycles. The van der Waals surface area contributed by atoms with Crippen LogP contribution in [0.15, 0.2) is 0 Å². The number of hydrogen-bond acceptors (Lipinski definition) is 3. The van der Waals surface area contributed by atoms with Gasteiger partial charge in [0.25, 0.3) is 0 Å². The van der Waals surface area contributed by atoms with Crippen molar-refractivity contribution in [3.8, 4) is 0 Å². The normalized spacial score (nSPS) is 17.7. The van der Waals surface area contributed by atoms with Crippen LogP contribution in [0, 0.1) is 5.92 Å². The zero-order valence-electron chi connectivity index (χ0n) is 10.7. The van der Waals surface area contributed by atoms with E-state index in [4.69, 9.17) is 5.73 Å². The van der Waals surface area contributed by atoms with Crippen LogP contribution in [0.5, 0.6) is 0 Å². The fourth-order valence-electron chi connectivity index (χ4n) is 1.74. The quantitative estimate of drug-likeness (QED) is 0.767. The third kappa shape index (κ3) is 4.16. The van der Waals surface area contributed by atoms with E-state index >= 15 is 0 Å². The fraction of sp³-hybridized carbons (Fsp3) is 0.818. The second kappa shape index (κ2) is 6.81. The number of halogens is 1. The lowest BCUT2D eigenvalue weighted by molar-refractivity contribution is -0.139. The molecular weight excluding hydrogens is 242 g/mol. The molecule has 1 heterocycles. The van der Waals surface area contributed by atoms with E-state index in [0.717, 1.165) is 0 Å². The lowest BCUT2D eigenvalue weighted by Crippen LogP contribution is -2.55. The molecule has 6 heteroatoms. The van der Waals surface area contributed by atoms with Crippen LogP contribution in [0.4, 0.5) is 0 Å². The molecule has 17 heavy (non-hydrogen) atoms. The van der Waals surface area contributed by atoms with Gasteiger partial charge in [0.05, 0.1) is 6.04 Å². The standard InChI is InChI=1S/C11H21N3O2.ClH/c1-8(2)10(12)11(16)14-6-4-13(5-7-14)9(3)15;/h8,10H,4-7,12H2,1-3H3;1H/t10-;/m0./s1. The summed E-state index contributed by atoms with van der Waals surface area (Å²) in [4.78, 5) is 26.5. The largest absolute Gasteiger partial charge is 0.339 e. The Bertz CT molecular complexity index is 276. The van der Waals surface area contributed by atoms with Crippen molar-refractivity contribution in [2.24, 2.45) is 11.7 Å². The van der Waals surface area contributed by atoms with Crippen molar-refractivity contribution in [3.63, 3.8) is 0 Å². The summed E-state index contributed by atoms with van der Waals surface area (Å²) in [6, 6.07) is -0.427. The number of rotatable bonds is 2. The number of carbonyl (C=O) groups excluding carboxylic acids is 2. The van der Waals surface area contributed by atoms with E-state index in [-0.39, 0.29) is 30.1 Å². The molecule has 0 spiro atoms. The Balaban J connectivity index is 0.00000256. The molecule has 2 N–H and O–H groups in total. The van der Waals surface area contributed by atoms with Gasteiger partial charge in [0.2, 0.25) is 11.8 Å². The minimum Gasteiger partial charge on any atom is -0.339 e. The van der Waals surface area contributed by atoms with E-state index in [0.29, 0.717) is 26.2 Å². The van der Waals surface area contributed by atoms with Crippen molar-refractivity contribution in [3.05, 3.63) is 0 Å². The van der Waals surface area contributed by atoms with Gasteiger partial charge in [-0.25, -0.2) is 0 Å². The number of hydrogen-bond donors (Lipinski definition) is 1. The average molecular weight is 264 g/mol. The first-order chi connectivity index (χ1) is 7.43. The molecule has 0 unspecified atom stereocenters. The summed E-state index contributed by atoms with van der Waals surface area (Å²) in [5, 5.41) is 0. The van der Waals surface area contributed by atoms with E-state index in [9.17, 15) is 9.59 Å². The van der Waals surface area contributed by atoms with Gasteiger partial charge in [0, 0.05) is 33.1 Å². The van der Waals surface area contributed by atoms with Crippen molar-refractivity contribution in [2.75, 3.05) is 26.2 Å². The predicted octanol–water partition coefficient (Wildman–Crippen LogP) is 0.0822. The maximum absolute atomic E-state index is 11.9. The number of amides is 2. The lowest BCUT2D eigenvalue weighted by atomic mass is 10.0. The number of nitrogens with two attached hydrogens (primary N) is 1. The molecule has 1 saturated heterocycles. The molecule has 0 saturated carbocycles. The third-order valence-electron chi connectivity index (χ3n) is 3.04. The topological polar surface area (TPSA) is 66.6 Å². The van der Waals surface area contributed by atoms with Crippen LogP contribution in [0.3, 0.4) is 0 Å². The maximum atomic E-state index is 11.9. The summed E-state index contributed by atoms with van der Waals surface area (Å²) in [5.74, 6) is 0.219. The molecule has 5 nitrogen and oxygen atoms in total. The third-order valence-corrected chi connectivity index (χ3v) is 3.04. The highest BCUT2D eigenvalue weighted by Crippen LogP contribution is 2.07. The first kappa shape index (κ1) is 16.2. The van der Waals surface area contributed by atoms with Gasteiger partial charge in [-0.2, -0.15) is 0 Å². The molecule has 0 aromatic rings. The highest BCUT2D eigenvalue weighted by atomic mass is 35.5. The van der Waals surface area contributed by atoms with Crippen LogP contribution < -0.4 is 5.73 Å². The van der Waals surface area contributed by atoms with Gasteiger partial charge in [-0.05, 0) is 5.92 Å². The Kier molecular flexibility index (Phi) is 6.49. The van der Waals surface area contributed by atoms with Crippen molar-refractivity contribution in [2.45, 2.75) is 26.8 Å². The Morgan fingerprint density at radius 1 is 1.06 bits per heavy atom. The van der Waals surface area contributed by atoms with Gasteiger partial charge in [-0.15, -0.1) is 12.4 Å². The molecule has 0 bridgehead atoms. The molecule has 1 rings (SSSR count). The molecule has 1 aliphatic rings. The summed E-state index contributed by atoms with van der Waals surface area (Å²) in [6.07, 6.45) is 0.